The number of rotatable bonds is 7. The van der Waals surface area contributed by atoms with Gasteiger partial charge in [0.15, 0.2) is 0 Å². The van der Waals surface area contributed by atoms with Gasteiger partial charge in [0.1, 0.15) is 12.4 Å². The van der Waals surface area contributed by atoms with Crippen molar-refractivity contribution in [2.24, 2.45) is 0 Å². The average molecular weight is 209 g/mol. The summed E-state index contributed by atoms with van der Waals surface area (Å²) in [5, 5.41) is 0. The molecule has 0 saturated carbocycles. The number of benzene rings is 1. The summed E-state index contributed by atoms with van der Waals surface area (Å²) in [7, 11) is 4.06. The Morgan fingerprint density at radius 2 is 1.73 bits per heavy atom. The van der Waals surface area contributed by atoms with E-state index in [9.17, 15) is 0 Å². The van der Waals surface area contributed by atoms with Crippen molar-refractivity contribution in [2.75, 3.05) is 40.5 Å². The van der Waals surface area contributed by atoms with Crippen LogP contribution in [0.25, 0.3) is 0 Å². The second-order valence-electron chi connectivity index (χ2n) is 3.58. The SMILES string of the molecule is CN(C)CCOCCOc1ccccc1. The zero-order valence-electron chi connectivity index (χ0n) is 9.48. The number of hydrogen-bond donors (Lipinski definition) is 0. The predicted octanol–water partition coefficient (Wildman–Crippen LogP) is 1.64. The summed E-state index contributed by atoms with van der Waals surface area (Å²) >= 11 is 0. The lowest BCUT2D eigenvalue weighted by molar-refractivity contribution is 0.0890. The van der Waals surface area contributed by atoms with Crippen molar-refractivity contribution in [3.63, 3.8) is 0 Å². The molecule has 0 bridgehead atoms. The van der Waals surface area contributed by atoms with E-state index in [1.807, 2.05) is 44.4 Å². The molecule has 0 aromatic heterocycles. The lowest BCUT2D eigenvalue weighted by Crippen LogP contribution is -2.19. The minimum Gasteiger partial charge on any atom is -0.491 e. The van der Waals surface area contributed by atoms with E-state index < -0.39 is 0 Å². The third-order valence-electron chi connectivity index (χ3n) is 1.92. The predicted molar refractivity (Wildman–Crippen MR) is 61.3 cm³/mol. The first-order valence-corrected chi connectivity index (χ1v) is 5.19. The molecule has 0 atom stereocenters. The van der Waals surface area contributed by atoms with Gasteiger partial charge in [0.2, 0.25) is 0 Å². The molecule has 0 radical (unpaired) electrons. The van der Waals surface area contributed by atoms with Crippen LogP contribution in [0.4, 0.5) is 0 Å². The third-order valence-corrected chi connectivity index (χ3v) is 1.92. The molecule has 0 heterocycles. The molecule has 0 spiro atoms. The Hall–Kier alpha value is -1.06. The Bertz CT molecular complexity index is 249. The molecule has 84 valence electrons. The van der Waals surface area contributed by atoms with Gasteiger partial charge in [-0.15, -0.1) is 0 Å². The molecule has 0 aliphatic carbocycles. The highest BCUT2D eigenvalue weighted by atomic mass is 16.5. The summed E-state index contributed by atoms with van der Waals surface area (Å²) in [6, 6.07) is 9.78. The Morgan fingerprint density at radius 3 is 2.40 bits per heavy atom. The number of para-hydroxylation sites is 1. The summed E-state index contributed by atoms with van der Waals surface area (Å²) in [5.41, 5.74) is 0. The van der Waals surface area contributed by atoms with E-state index in [1.54, 1.807) is 0 Å². The molecule has 0 saturated heterocycles. The lowest BCUT2D eigenvalue weighted by Gasteiger charge is -2.10. The van der Waals surface area contributed by atoms with Crippen LogP contribution in [0.2, 0.25) is 0 Å². The maximum absolute atomic E-state index is 5.47. The first kappa shape index (κ1) is 12.0. The molecular weight excluding hydrogens is 190 g/mol. The van der Waals surface area contributed by atoms with Gasteiger partial charge in [0.25, 0.3) is 0 Å². The van der Waals surface area contributed by atoms with Gasteiger partial charge in [0, 0.05) is 6.54 Å². The fraction of sp³-hybridized carbons (Fsp3) is 0.500. The van der Waals surface area contributed by atoms with E-state index in [-0.39, 0.29) is 0 Å². The lowest BCUT2D eigenvalue weighted by atomic mass is 10.3. The number of nitrogens with zero attached hydrogens (tertiary/aromatic N) is 1. The molecular formula is C12H19NO2. The Morgan fingerprint density at radius 1 is 1.00 bits per heavy atom. The highest BCUT2D eigenvalue weighted by Crippen LogP contribution is 2.07. The summed E-state index contributed by atoms with van der Waals surface area (Å²) in [6.07, 6.45) is 0. The Balaban J connectivity index is 1.98. The molecule has 1 rings (SSSR count). The Labute approximate surface area is 91.6 Å². The monoisotopic (exact) mass is 209 g/mol. The zero-order chi connectivity index (χ0) is 10.9. The van der Waals surface area contributed by atoms with E-state index in [0.29, 0.717) is 13.2 Å². The normalized spacial score (nSPS) is 10.6. The minimum atomic E-state index is 0.609. The van der Waals surface area contributed by atoms with Crippen molar-refractivity contribution < 1.29 is 9.47 Å². The van der Waals surface area contributed by atoms with Gasteiger partial charge in [-0.25, -0.2) is 0 Å². The van der Waals surface area contributed by atoms with Crippen molar-refractivity contribution in [1.29, 1.82) is 0 Å². The first-order valence-electron chi connectivity index (χ1n) is 5.19. The fourth-order valence-electron chi connectivity index (χ4n) is 1.08. The van der Waals surface area contributed by atoms with Gasteiger partial charge in [-0.05, 0) is 26.2 Å². The molecule has 15 heavy (non-hydrogen) atoms. The second kappa shape index (κ2) is 7.26. The second-order valence-corrected chi connectivity index (χ2v) is 3.58. The summed E-state index contributed by atoms with van der Waals surface area (Å²) in [4.78, 5) is 2.10. The van der Waals surface area contributed by atoms with Crippen LogP contribution in [0.5, 0.6) is 5.75 Å². The molecule has 0 amide bonds. The summed E-state index contributed by atoms with van der Waals surface area (Å²) < 4.78 is 10.9. The van der Waals surface area contributed by atoms with E-state index in [4.69, 9.17) is 9.47 Å². The van der Waals surface area contributed by atoms with Crippen molar-refractivity contribution in [3.8, 4) is 5.75 Å². The quantitative estimate of drug-likeness (QED) is 0.637. The third kappa shape index (κ3) is 6.10. The summed E-state index contributed by atoms with van der Waals surface area (Å²) in [6.45, 7) is 2.96. The van der Waals surface area contributed by atoms with Gasteiger partial charge in [-0.1, -0.05) is 18.2 Å². The number of ether oxygens (including phenoxy) is 2. The first-order chi connectivity index (χ1) is 7.29. The van der Waals surface area contributed by atoms with Crippen LogP contribution in [0.15, 0.2) is 30.3 Å². The minimum absolute atomic E-state index is 0.609. The maximum atomic E-state index is 5.47. The summed E-state index contributed by atoms with van der Waals surface area (Å²) in [5.74, 6) is 0.897. The van der Waals surface area contributed by atoms with Crippen LogP contribution in [-0.4, -0.2) is 45.4 Å². The molecule has 0 N–H and O–H groups in total. The van der Waals surface area contributed by atoms with E-state index >= 15 is 0 Å². The zero-order valence-corrected chi connectivity index (χ0v) is 9.48. The molecule has 0 aliphatic heterocycles. The van der Waals surface area contributed by atoms with Crippen LogP contribution >= 0.6 is 0 Å². The van der Waals surface area contributed by atoms with E-state index in [1.165, 1.54) is 0 Å². The van der Waals surface area contributed by atoms with Gasteiger partial charge in [-0.2, -0.15) is 0 Å². The maximum Gasteiger partial charge on any atom is 0.119 e. The highest BCUT2D eigenvalue weighted by molar-refractivity contribution is 5.20. The largest absolute Gasteiger partial charge is 0.491 e. The van der Waals surface area contributed by atoms with Crippen LogP contribution in [0.3, 0.4) is 0 Å². The van der Waals surface area contributed by atoms with Crippen molar-refractivity contribution in [3.05, 3.63) is 30.3 Å². The molecule has 0 fully saturated rings. The van der Waals surface area contributed by atoms with Gasteiger partial charge >= 0.3 is 0 Å². The molecule has 1 aromatic rings. The topological polar surface area (TPSA) is 21.7 Å². The van der Waals surface area contributed by atoms with Crippen LogP contribution in [-0.2, 0) is 4.74 Å². The standard InChI is InChI=1S/C12H19NO2/c1-13(2)8-9-14-10-11-15-12-6-4-3-5-7-12/h3-7H,8-11H2,1-2H3. The number of likely N-dealkylation sites (N-methyl/N-ethyl adjacent to an activating group) is 1. The van der Waals surface area contributed by atoms with Crippen molar-refractivity contribution in [1.82, 2.24) is 4.90 Å². The molecule has 0 aliphatic rings. The molecule has 3 nitrogen and oxygen atoms in total. The van der Waals surface area contributed by atoms with Gasteiger partial charge in [-0.3, -0.25) is 0 Å². The number of hydrogen-bond acceptors (Lipinski definition) is 3. The molecule has 0 unspecified atom stereocenters. The van der Waals surface area contributed by atoms with Gasteiger partial charge in [0.05, 0.1) is 13.2 Å². The fourth-order valence-corrected chi connectivity index (χ4v) is 1.08. The van der Waals surface area contributed by atoms with Crippen molar-refractivity contribution >= 4 is 0 Å². The van der Waals surface area contributed by atoms with Gasteiger partial charge < -0.3 is 14.4 Å². The van der Waals surface area contributed by atoms with E-state index in [0.717, 1.165) is 18.9 Å². The van der Waals surface area contributed by atoms with Crippen LogP contribution in [0, 0.1) is 0 Å². The van der Waals surface area contributed by atoms with E-state index in [2.05, 4.69) is 4.90 Å². The highest BCUT2D eigenvalue weighted by Gasteiger charge is 1.93. The van der Waals surface area contributed by atoms with Crippen LogP contribution in [0.1, 0.15) is 0 Å². The molecule has 1 aromatic carbocycles. The van der Waals surface area contributed by atoms with Crippen LogP contribution < -0.4 is 4.74 Å². The smallest absolute Gasteiger partial charge is 0.119 e. The van der Waals surface area contributed by atoms with Crippen molar-refractivity contribution in [2.45, 2.75) is 0 Å². The Kier molecular flexibility index (Phi) is 5.81. The average Bonchev–Trinajstić information content (AvgIpc) is 2.24. The molecule has 3 heteroatoms.